The maximum atomic E-state index is 5.79. The Morgan fingerprint density at radius 3 is 2.22 bits per heavy atom. The summed E-state index contributed by atoms with van der Waals surface area (Å²) in [4.78, 5) is 0. The molecule has 0 amide bonds. The van der Waals surface area contributed by atoms with Gasteiger partial charge in [0.05, 0.1) is 10.0 Å². The van der Waals surface area contributed by atoms with Crippen molar-refractivity contribution in [2.24, 2.45) is 0 Å². The van der Waals surface area contributed by atoms with Gasteiger partial charge in [0, 0.05) is 0 Å². The molecule has 2 aliphatic carbocycles. The van der Waals surface area contributed by atoms with Crippen LogP contribution in [0.25, 0.3) is 0 Å². The second-order valence-corrected chi connectivity index (χ2v) is 3.01. The van der Waals surface area contributed by atoms with Crippen molar-refractivity contribution in [3.63, 3.8) is 0 Å². The molecule has 0 N–H and O–H groups in total. The predicted octanol–water partition coefficient (Wildman–Crippen LogP) is 2.90. The third-order valence-corrected chi connectivity index (χ3v) is 2.40. The van der Waals surface area contributed by atoms with Gasteiger partial charge >= 0.3 is 0 Å². The second-order valence-electron chi connectivity index (χ2n) is 2.23. The lowest BCUT2D eigenvalue weighted by Crippen LogP contribution is -2.01. The average molecular weight is 159 g/mol. The average Bonchev–Trinajstić information content (AvgIpc) is 1.72. The van der Waals surface area contributed by atoms with Crippen molar-refractivity contribution >= 4 is 23.2 Å². The summed E-state index contributed by atoms with van der Waals surface area (Å²) in [6, 6.07) is 3.98. The predicted molar refractivity (Wildman–Crippen MR) is 39.3 cm³/mol. The van der Waals surface area contributed by atoms with Crippen molar-refractivity contribution in [3.05, 3.63) is 33.3 Å². The van der Waals surface area contributed by atoms with Crippen LogP contribution < -0.4 is 0 Å². The minimum Gasteiger partial charge on any atom is -0.0827 e. The van der Waals surface area contributed by atoms with Gasteiger partial charge in [0.1, 0.15) is 0 Å². The van der Waals surface area contributed by atoms with Crippen LogP contribution in [0.5, 0.6) is 0 Å². The van der Waals surface area contributed by atoms with E-state index < -0.39 is 0 Å². The summed E-state index contributed by atoms with van der Waals surface area (Å²) in [5.74, 6) is 0. The summed E-state index contributed by atoms with van der Waals surface area (Å²) in [5.41, 5.74) is 2.47. The number of halogens is 2. The molecule has 2 heteroatoms. The Morgan fingerprint density at radius 1 is 1.22 bits per heavy atom. The molecule has 1 aromatic rings. The van der Waals surface area contributed by atoms with Gasteiger partial charge in [-0.15, -0.1) is 0 Å². The van der Waals surface area contributed by atoms with Gasteiger partial charge in [0.15, 0.2) is 0 Å². The Morgan fingerprint density at radius 2 is 1.89 bits per heavy atom. The van der Waals surface area contributed by atoms with E-state index in [0.29, 0.717) is 5.02 Å². The maximum Gasteiger partial charge on any atom is 0.0627 e. The molecule has 2 aliphatic rings. The highest BCUT2D eigenvalue weighted by Crippen LogP contribution is 2.35. The zero-order valence-electron chi connectivity index (χ0n) is 4.62. The van der Waals surface area contributed by atoms with Gasteiger partial charge in [-0.1, -0.05) is 29.3 Å². The Bertz CT molecular complexity index is 262. The molecule has 0 atom stereocenters. The number of hydrogen-bond donors (Lipinski definition) is 0. The Labute approximate surface area is 63.4 Å². The van der Waals surface area contributed by atoms with Gasteiger partial charge in [0.25, 0.3) is 0 Å². The van der Waals surface area contributed by atoms with E-state index in [2.05, 4.69) is 6.07 Å². The maximum absolute atomic E-state index is 5.79. The molecule has 3 rings (SSSR count). The summed E-state index contributed by atoms with van der Waals surface area (Å²) < 4.78 is 0. The van der Waals surface area contributed by atoms with Crippen LogP contribution in [0.4, 0.5) is 0 Å². The second kappa shape index (κ2) is 1.65. The largest absolute Gasteiger partial charge is 0.0827 e. The fourth-order valence-electron chi connectivity index (χ4n) is 1.03. The molecule has 2 bridgehead atoms. The number of benzene rings is 1. The van der Waals surface area contributed by atoms with Gasteiger partial charge in [0.2, 0.25) is 0 Å². The van der Waals surface area contributed by atoms with Crippen LogP contribution in [0.2, 0.25) is 10.0 Å². The van der Waals surface area contributed by atoms with Crippen LogP contribution in [0.15, 0.2) is 12.1 Å². The smallest absolute Gasteiger partial charge is 0.0627 e. The monoisotopic (exact) mass is 158 g/mol. The standard InChI is InChI=1S/C7H4Cl2/c8-6-3-4-1-5(2-4)7(6)9/h1,3H,2H2. The van der Waals surface area contributed by atoms with Crippen molar-refractivity contribution in [1.82, 2.24) is 0 Å². The van der Waals surface area contributed by atoms with E-state index in [1.807, 2.05) is 6.07 Å². The van der Waals surface area contributed by atoms with Crippen molar-refractivity contribution in [1.29, 1.82) is 0 Å². The van der Waals surface area contributed by atoms with E-state index in [1.54, 1.807) is 0 Å². The molecule has 0 aliphatic heterocycles. The highest BCUT2D eigenvalue weighted by molar-refractivity contribution is 6.42. The van der Waals surface area contributed by atoms with Crippen LogP contribution in [0, 0.1) is 0 Å². The van der Waals surface area contributed by atoms with Gasteiger partial charge < -0.3 is 0 Å². The van der Waals surface area contributed by atoms with Gasteiger partial charge in [-0.2, -0.15) is 0 Å². The van der Waals surface area contributed by atoms with Crippen molar-refractivity contribution < 1.29 is 0 Å². The molecule has 0 fully saturated rings. The summed E-state index contributed by atoms with van der Waals surface area (Å²) >= 11 is 11.5. The van der Waals surface area contributed by atoms with Gasteiger partial charge in [-0.3, -0.25) is 0 Å². The van der Waals surface area contributed by atoms with E-state index in [-0.39, 0.29) is 0 Å². The van der Waals surface area contributed by atoms with Crippen molar-refractivity contribution in [2.75, 3.05) is 0 Å². The highest BCUT2D eigenvalue weighted by Gasteiger charge is 2.15. The van der Waals surface area contributed by atoms with Crippen molar-refractivity contribution in [3.8, 4) is 0 Å². The quantitative estimate of drug-likeness (QED) is 0.554. The first-order valence-electron chi connectivity index (χ1n) is 2.74. The zero-order valence-corrected chi connectivity index (χ0v) is 6.13. The summed E-state index contributed by atoms with van der Waals surface area (Å²) in [6.45, 7) is 0. The molecule has 0 radical (unpaired) electrons. The lowest BCUT2D eigenvalue weighted by atomic mass is 9.93. The third kappa shape index (κ3) is 0.669. The molecule has 0 heterocycles. The Hall–Kier alpha value is -0.200. The zero-order chi connectivity index (χ0) is 6.43. The van der Waals surface area contributed by atoms with Gasteiger partial charge in [-0.25, -0.2) is 0 Å². The molecule has 0 unspecified atom stereocenters. The molecule has 0 saturated heterocycles. The van der Waals surface area contributed by atoms with Crippen LogP contribution in [0.3, 0.4) is 0 Å². The summed E-state index contributed by atoms with van der Waals surface area (Å²) in [6.07, 6.45) is 1.01. The Kier molecular flexibility index (Phi) is 1.02. The lowest BCUT2D eigenvalue weighted by molar-refractivity contribution is 1.09. The Balaban J connectivity index is 2.72. The van der Waals surface area contributed by atoms with E-state index in [0.717, 1.165) is 11.4 Å². The third-order valence-electron chi connectivity index (χ3n) is 1.56. The molecule has 0 spiro atoms. The number of rotatable bonds is 0. The molecular weight excluding hydrogens is 155 g/mol. The normalized spacial score (nSPS) is 13.1. The van der Waals surface area contributed by atoms with E-state index >= 15 is 0 Å². The molecule has 0 aromatic heterocycles. The van der Waals surface area contributed by atoms with Crippen LogP contribution in [0.1, 0.15) is 11.1 Å². The molecule has 1 aromatic carbocycles. The van der Waals surface area contributed by atoms with E-state index in [9.17, 15) is 0 Å². The van der Waals surface area contributed by atoms with Crippen molar-refractivity contribution in [2.45, 2.75) is 6.42 Å². The van der Waals surface area contributed by atoms with Gasteiger partial charge in [-0.05, 0) is 23.6 Å². The first-order valence-corrected chi connectivity index (χ1v) is 3.50. The van der Waals surface area contributed by atoms with Crippen LogP contribution >= 0.6 is 23.2 Å². The number of fused-ring (bicyclic) bond motifs is 2. The fourth-order valence-corrected chi connectivity index (χ4v) is 1.47. The highest BCUT2D eigenvalue weighted by atomic mass is 35.5. The minimum atomic E-state index is 0.690. The molecule has 0 nitrogen and oxygen atoms in total. The summed E-state index contributed by atoms with van der Waals surface area (Å²) in [7, 11) is 0. The number of hydrogen-bond acceptors (Lipinski definition) is 0. The molecule has 46 valence electrons. The lowest BCUT2D eigenvalue weighted by Gasteiger charge is -2.16. The summed E-state index contributed by atoms with van der Waals surface area (Å²) in [5, 5.41) is 1.42. The van der Waals surface area contributed by atoms with Crippen LogP contribution in [-0.2, 0) is 6.42 Å². The van der Waals surface area contributed by atoms with E-state index in [1.165, 1.54) is 11.1 Å². The molecule has 0 saturated carbocycles. The SMILES string of the molecule is Clc1cc2cc(c1Cl)C2. The van der Waals surface area contributed by atoms with E-state index in [4.69, 9.17) is 23.2 Å². The topological polar surface area (TPSA) is 0 Å². The minimum absolute atomic E-state index is 0.690. The first kappa shape index (κ1) is 5.57. The molecule has 9 heavy (non-hydrogen) atoms. The first-order chi connectivity index (χ1) is 4.27. The van der Waals surface area contributed by atoms with Crippen LogP contribution in [-0.4, -0.2) is 0 Å². The molecular formula is C7H4Cl2. The fraction of sp³-hybridized carbons (Fsp3) is 0.143.